The number of amides is 1. The summed E-state index contributed by atoms with van der Waals surface area (Å²) in [5, 5.41) is 3.72. The molecule has 1 unspecified atom stereocenters. The van der Waals surface area contributed by atoms with Gasteiger partial charge in [-0.05, 0) is 30.5 Å². The molecule has 1 aliphatic carbocycles. The Bertz CT molecular complexity index is 668. The van der Waals surface area contributed by atoms with Crippen LogP contribution >= 0.6 is 11.8 Å². The van der Waals surface area contributed by atoms with Crippen LogP contribution in [0.5, 0.6) is 0 Å². The third-order valence-electron chi connectivity index (χ3n) is 4.39. The van der Waals surface area contributed by atoms with Gasteiger partial charge in [-0.1, -0.05) is 55.3 Å². The molecule has 1 saturated carbocycles. The number of thioether (sulfide) groups is 1. The molecular weight excluding hydrogens is 316 g/mol. The first kappa shape index (κ1) is 17.1. The van der Waals surface area contributed by atoms with Gasteiger partial charge >= 0.3 is 0 Å². The van der Waals surface area contributed by atoms with Crippen molar-refractivity contribution in [3.8, 4) is 0 Å². The molecule has 1 amide bonds. The predicted molar refractivity (Wildman–Crippen MR) is 101 cm³/mol. The zero-order chi connectivity index (χ0) is 16.8. The fourth-order valence-electron chi connectivity index (χ4n) is 3.08. The van der Waals surface area contributed by atoms with Crippen LogP contribution in [0.3, 0.4) is 0 Å². The van der Waals surface area contributed by atoms with Crippen molar-refractivity contribution in [2.45, 2.75) is 48.3 Å². The maximum Gasteiger partial charge on any atom is 0.226 e. The van der Waals surface area contributed by atoms with Gasteiger partial charge in [-0.15, -0.1) is 11.8 Å². The van der Waals surface area contributed by atoms with E-state index in [-0.39, 0.29) is 18.4 Å². The average Bonchev–Trinajstić information content (AvgIpc) is 3.10. The summed E-state index contributed by atoms with van der Waals surface area (Å²) in [6.07, 6.45) is 5.46. The van der Waals surface area contributed by atoms with Gasteiger partial charge < -0.3 is 11.1 Å². The number of rotatable bonds is 6. The molecule has 1 atom stereocenters. The van der Waals surface area contributed by atoms with Crippen LogP contribution in [0.4, 0.5) is 5.69 Å². The van der Waals surface area contributed by atoms with Gasteiger partial charge in [-0.2, -0.15) is 0 Å². The Labute approximate surface area is 148 Å². The van der Waals surface area contributed by atoms with E-state index in [0.717, 1.165) is 16.1 Å². The van der Waals surface area contributed by atoms with E-state index < -0.39 is 0 Å². The van der Waals surface area contributed by atoms with E-state index >= 15 is 0 Å². The molecule has 2 aromatic carbocycles. The fourth-order valence-corrected chi connectivity index (χ4v) is 4.41. The quantitative estimate of drug-likeness (QED) is 0.798. The largest absolute Gasteiger partial charge is 0.325 e. The maximum absolute atomic E-state index is 12.4. The Hall–Kier alpha value is -1.78. The van der Waals surface area contributed by atoms with E-state index in [9.17, 15) is 4.79 Å². The molecule has 24 heavy (non-hydrogen) atoms. The van der Waals surface area contributed by atoms with Gasteiger partial charge in [0.2, 0.25) is 5.91 Å². The average molecular weight is 340 g/mol. The van der Waals surface area contributed by atoms with Gasteiger partial charge in [-0.25, -0.2) is 0 Å². The van der Waals surface area contributed by atoms with Crippen LogP contribution in [-0.2, 0) is 4.79 Å². The number of nitrogens with two attached hydrogens (primary N) is 1. The lowest BCUT2D eigenvalue weighted by Crippen LogP contribution is -2.20. The highest BCUT2D eigenvalue weighted by molar-refractivity contribution is 8.00. The molecule has 1 aliphatic rings. The molecule has 0 aliphatic heterocycles. The van der Waals surface area contributed by atoms with Crippen molar-refractivity contribution in [2.75, 3.05) is 5.32 Å². The van der Waals surface area contributed by atoms with E-state index in [0.29, 0.717) is 5.25 Å². The number of hydrogen-bond acceptors (Lipinski definition) is 3. The lowest BCUT2D eigenvalue weighted by molar-refractivity contribution is -0.116. The molecule has 0 aromatic heterocycles. The molecular formula is C20H24N2OS. The van der Waals surface area contributed by atoms with Crippen molar-refractivity contribution < 1.29 is 4.79 Å². The van der Waals surface area contributed by atoms with Crippen LogP contribution in [-0.4, -0.2) is 11.2 Å². The molecule has 0 heterocycles. The zero-order valence-electron chi connectivity index (χ0n) is 13.8. The summed E-state index contributed by atoms with van der Waals surface area (Å²) in [6, 6.07) is 17.5. The molecule has 0 saturated heterocycles. The van der Waals surface area contributed by atoms with Crippen LogP contribution in [0.25, 0.3) is 0 Å². The summed E-state index contributed by atoms with van der Waals surface area (Å²) in [6.45, 7) is 0. The van der Waals surface area contributed by atoms with Crippen LogP contribution in [0.2, 0.25) is 0 Å². The van der Waals surface area contributed by atoms with E-state index in [4.69, 9.17) is 5.73 Å². The summed E-state index contributed by atoms with van der Waals surface area (Å²) >= 11 is 1.89. The van der Waals surface area contributed by atoms with E-state index in [1.807, 2.05) is 60.3 Å². The number of carbonyl (C=O) groups is 1. The molecule has 126 valence electrons. The second-order valence-electron chi connectivity index (χ2n) is 6.29. The van der Waals surface area contributed by atoms with Gasteiger partial charge in [0.15, 0.2) is 0 Å². The lowest BCUT2D eigenvalue weighted by atomic mass is 10.0. The highest BCUT2D eigenvalue weighted by Crippen LogP contribution is 2.38. The van der Waals surface area contributed by atoms with Crippen molar-refractivity contribution in [1.82, 2.24) is 0 Å². The Morgan fingerprint density at radius 3 is 2.50 bits per heavy atom. The number of hydrogen-bond donors (Lipinski definition) is 2. The monoisotopic (exact) mass is 340 g/mol. The molecule has 0 radical (unpaired) electrons. The SMILES string of the molecule is NC(CC(=O)Nc1ccccc1SC1CCCC1)c1ccccc1. The minimum atomic E-state index is -0.277. The maximum atomic E-state index is 12.4. The minimum absolute atomic E-state index is 0.0363. The van der Waals surface area contributed by atoms with Crippen LogP contribution in [0.15, 0.2) is 59.5 Å². The highest BCUT2D eigenvalue weighted by Gasteiger charge is 2.18. The van der Waals surface area contributed by atoms with E-state index in [1.54, 1.807) is 0 Å². The van der Waals surface area contributed by atoms with Crippen molar-refractivity contribution in [3.05, 3.63) is 60.2 Å². The number of para-hydroxylation sites is 1. The van der Waals surface area contributed by atoms with Crippen molar-refractivity contribution in [3.63, 3.8) is 0 Å². The van der Waals surface area contributed by atoms with Crippen molar-refractivity contribution in [2.24, 2.45) is 5.73 Å². The van der Waals surface area contributed by atoms with Gasteiger partial charge in [0, 0.05) is 22.6 Å². The first-order valence-corrected chi connectivity index (χ1v) is 9.46. The van der Waals surface area contributed by atoms with Crippen LogP contribution < -0.4 is 11.1 Å². The molecule has 0 spiro atoms. The molecule has 0 bridgehead atoms. The molecule has 1 fully saturated rings. The minimum Gasteiger partial charge on any atom is -0.325 e. The number of nitrogens with one attached hydrogen (secondary N) is 1. The summed E-state index contributed by atoms with van der Waals surface area (Å²) in [7, 11) is 0. The predicted octanol–water partition coefficient (Wildman–Crippen LogP) is 4.75. The Kier molecular flexibility index (Phi) is 5.94. The van der Waals surface area contributed by atoms with Crippen LogP contribution in [0, 0.1) is 0 Å². The fraction of sp³-hybridized carbons (Fsp3) is 0.350. The second-order valence-corrected chi connectivity index (χ2v) is 7.63. The van der Waals surface area contributed by atoms with E-state index in [1.165, 1.54) is 25.7 Å². The number of benzene rings is 2. The topological polar surface area (TPSA) is 55.1 Å². The normalized spacial score (nSPS) is 16.0. The number of carbonyl (C=O) groups excluding carboxylic acids is 1. The van der Waals surface area contributed by atoms with Crippen molar-refractivity contribution in [1.29, 1.82) is 0 Å². The van der Waals surface area contributed by atoms with Gasteiger partial charge in [0.05, 0.1) is 5.69 Å². The van der Waals surface area contributed by atoms with Gasteiger partial charge in [-0.3, -0.25) is 4.79 Å². The molecule has 3 rings (SSSR count). The lowest BCUT2D eigenvalue weighted by Gasteiger charge is -2.16. The first-order valence-electron chi connectivity index (χ1n) is 8.58. The molecule has 3 nitrogen and oxygen atoms in total. The molecule has 2 aromatic rings. The molecule has 4 heteroatoms. The van der Waals surface area contributed by atoms with E-state index in [2.05, 4.69) is 11.4 Å². The third kappa shape index (κ3) is 4.62. The molecule has 3 N–H and O–H groups in total. The van der Waals surface area contributed by atoms with Gasteiger partial charge in [0.1, 0.15) is 0 Å². The number of anilines is 1. The summed E-state index contributed by atoms with van der Waals surface area (Å²) in [4.78, 5) is 13.5. The second kappa shape index (κ2) is 8.36. The summed E-state index contributed by atoms with van der Waals surface area (Å²) in [5.74, 6) is -0.0363. The third-order valence-corrected chi connectivity index (χ3v) is 5.80. The summed E-state index contributed by atoms with van der Waals surface area (Å²) in [5.41, 5.74) is 8.04. The zero-order valence-corrected chi connectivity index (χ0v) is 14.6. The van der Waals surface area contributed by atoms with Gasteiger partial charge in [0.25, 0.3) is 0 Å². The standard InChI is InChI=1S/C20H24N2OS/c21-17(15-8-2-1-3-9-15)14-20(23)22-18-12-6-7-13-19(18)24-16-10-4-5-11-16/h1-3,6-9,12-13,16-17H,4-5,10-11,14,21H2,(H,22,23). The Balaban J connectivity index is 1.61. The van der Waals surface area contributed by atoms with Crippen molar-refractivity contribution >= 4 is 23.4 Å². The Morgan fingerprint density at radius 2 is 1.75 bits per heavy atom. The Morgan fingerprint density at radius 1 is 1.08 bits per heavy atom. The smallest absolute Gasteiger partial charge is 0.226 e. The first-order chi connectivity index (χ1) is 11.7. The highest BCUT2D eigenvalue weighted by atomic mass is 32.2. The summed E-state index contributed by atoms with van der Waals surface area (Å²) < 4.78 is 0. The van der Waals surface area contributed by atoms with Crippen LogP contribution in [0.1, 0.15) is 43.7 Å².